The van der Waals surface area contributed by atoms with Crippen molar-refractivity contribution in [3.05, 3.63) is 0 Å². The molecular weight excluding hydrogens is 254 g/mol. The van der Waals surface area contributed by atoms with Crippen LogP contribution in [0.25, 0.3) is 0 Å². The Morgan fingerprint density at radius 3 is 2.30 bits per heavy atom. The van der Waals surface area contributed by atoms with Crippen LogP contribution in [0.15, 0.2) is 0 Å². The molecule has 4 heteroatoms. The van der Waals surface area contributed by atoms with Crippen LogP contribution in [-0.2, 0) is 14.3 Å². The third-order valence-electron chi connectivity index (χ3n) is 4.14. The normalized spacial score (nSPS) is 16.7. The maximum atomic E-state index is 12.0. The molecular formula is C16H29NO3. The lowest BCUT2D eigenvalue weighted by atomic mass is 9.94. The van der Waals surface area contributed by atoms with Crippen LogP contribution >= 0.6 is 0 Å². The number of ether oxygens (including phenoxy) is 1. The molecule has 1 fully saturated rings. The summed E-state index contributed by atoms with van der Waals surface area (Å²) in [7, 11) is 0. The van der Waals surface area contributed by atoms with Gasteiger partial charge in [0.05, 0.1) is 19.6 Å². The molecule has 1 heterocycles. The Balaban J connectivity index is 2.07. The summed E-state index contributed by atoms with van der Waals surface area (Å²) in [5.41, 5.74) is 0. The van der Waals surface area contributed by atoms with Gasteiger partial charge in [-0.25, -0.2) is 0 Å². The highest BCUT2D eigenvalue weighted by Gasteiger charge is 2.21. The van der Waals surface area contributed by atoms with E-state index in [0.717, 1.165) is 31.8 Å². The van der Waals surface area contributed by atoms with E-state index in [1.165, 1.54) is 6.42 Å². The van der Waals surface area contributed by atoms with Crippen molar-refractivity contribution in [2.75, 3.05) is 26.3 Å². The van der Waals surface area contributed by atoms with E-state index in [1.807, 2.05) is 18.7 Å². The molecule has 0 unspecified atom stereocenters. The van der Waals surface area contributed by atoms with Crippen LogP contribution in [-0.4, -0.2) is 42.9 Å². The van der Waals surface area contributed by atoms with Gasteiger partial charge >= 0.3 is 0 Å². The monoisotopic (exact) mass is 283 g/mol. The number of hydrogen-bond acceptors (Lipinski definition) is 3. The Labute approximate surface area is 122 Å². The summed E-state index contributed by atoms with van der Waals surface area (Å²) in [4.78, 5) is 25.3. The molecule has 0 aromatic rings. The topological polar surface area (TPSA) is 46.6 Å². The second kappa shape index (κ2) is 9.11. The maximum absolute atomic E-state index is 12.0. The minimum absolute atomic E-state index is 0.0695. The van der Waals surface area contributed by atoms with Crippen LogP contribution in [0.1, 0.15) is 52.9 Å². The second-order valence-corrected chi connectivity index (χ2v) is 5.97. The summed E-state index contributed by atoms with van der Waals surface area (Å²) in [6.45, 7) is 8.65. The fraction of sp³-hybridized carbons (Fsp3) is 0.875. The van der Waals surface area contributed by atoms with Crippen LogP contribution in [0.2, 0.25) is 0 Å². The van der Waals surface area contributed by atoms with E-state index in [9.17, 15) is 9.59 Å². The van der Waals surface area contributed by atoms with Gasteiger partial charge in [0.2, 0.25) is 5.91 Å². The third kappa shape index (κ3) is 6.04. The van der Waals surface area contributed by atoms with Crippen molar-refractivity contribution in [2.45, 2.75) is 52.9 Å². The zero-order valence-corrected chi connectivity index (χ0v) is 13.2. The molecule has 4 nitrogen and oxygen atoms in total. The zero-order valence-electron chi connectivity index (χ0n) is 13.2. The highest BCUT2D eigenvalue weighted by molar-refractivity contribution is 5.80. The second-order valence-electron chi connectivity index (χ2n) is 5.97. The summed E-state index contributed by atoms with van der Waals surface area (Å²) >= 11 is 0. The van der Waals surface area contributed by atoms with Gasteiger partial charge in [-0.1, -0.05) is 27.2 Å². The lowest BCUT2D eigenvalue weighted by Crippen LogP contribution is -2.38. The Morgan fingerprint density at radius 2 is 1.75 bits per heavy atom. The van der Waals surface area contributed by atoms with E-state index in [2.05, 4.69) is 6.92 Å². The molecule has 1 aliphatic rings. The molecule has 20 heavy (non-hydrogen) atoms. The van der Waals surface area contributed by atoms with Gasteiger partial charge in [-0.2, -0.15) is 0 Å². The summed E-state index contributed by atoms with van der Waals surface area (Å²) in [6, 6.07) is 0. The van der Waals surface area contributed by atoms with Crippen LogP contribution in [0.5, 0.6) is 0 Å². The number of carbonyl (C=O) groups excluding carboxylic acids is 2. The van der Waals surface area contributed by atoms with Crippen molar-refractivity contribution in [1.29, 1.82) is 0 Å². The Bertz CT molecular complexity index is 307. The van der Waals surface area contributed by atoms with Crippen LogP contribution in [0, 0.1) is 11.8 Å². The molecule has 0 aromatic carbocycles. The molecule has 0 bridgehead atoms. The number of piperidine rings is 1. The molecule has 0 atom stereocenters. The van der Waals surface area contributed by atoms with Crippen molar-refractivity contribution >= 4 is 11.7 Å². The molecule has 0 radical (unpaired) electrons. The fourth-order valence-electron chi connectivity index (χ4n) is 2.47. The van der Waals surface area contributed by atoms with E-state index in [1.54, 1.807) is 0 Å². The van der Waals surface area contributed by atoms with Crippen molar-refractivity contribution in [2.24, 2.45) is 11.8 Å². The van der Waals surface area contributed by atoms with Gasteiger partial charge in [0.15, 0.2) is 0 Å². The molecule has 0 spiro atoms. The summed E-state index contributed by atoms with van der Waals surface area (Å²) in [5, 5.41) is 0. The van der Waals surface area contributed by atoms with Gasteiger partial charge in [-0.3, -0.25) is 9.59 Å². The summed E-state index contributed by atoms with van der Waals surface area (Å²) < 4.78 is 5.39. The molecule has 1 aliphatic heterocycles. The number of hydrogen-bond donors (Lipinski definition) is 0. The SMILES string of the molecule is CCC1CCN(C(=O)CCOCCC(=O)C(C)C)CC1. The average Bonchev–Trinajstić information content (AvgIpc) is 2.46. The van der Waals surface area contributed by atoms with Crippen molar-refractivity contribution in [3.63, 3.8) is 0 Å². The number of nitrogens with zero attached hydrogens (tertiary/aromatic N) is 1. The van der Waals surface area contributed by atoms with Gasteiger partial charge in [-0.05, 0) is 18.8 Å². The molecule has 1 rings (SSSR count). The molecule has 1 amide bonds. The van der Waals surface area contributed by atoms with E-state index in [0.29, 0.717) is 26.1 Å². The van der Waals surface area contributed by atoms with Crippen molar-refractivity contribution in [1.82, 2.24) is 4.90 Å². The Kier molecular flexibility index (Phi) is 7.82. The van der Waals surface area contributed by atoms with Gasteiger partial charge < -0.3 is 9.64 Å². The first-order chi connectivity index (χ1) is 9.54. The van der Waals surface area contributed by atoms with Crippen LogP contribution < -0.4 is 0 Å². The first kappa shape index (κ1) is 17.2. The highest BCUT2D eigenvalue weighted by Crippen LogP contribution is 2.20. The number of ketones is 1. The molecule has 1 saturated heterocycles. The number of amides is 1. The van der Waals surface area contributed by atoms with Gasteiger partial charge in [0.1, 0.15) is 5.78 Å². The summed E-state index contributed by atoms with van der Waals surface area (Å²) in [5.74, 6) is 1.27. The average molecular weight is 283 g/mol. The van der Waals surface area contributed by atoms with E-state index in [4.69, 9.17) is 4.74 Å². The minimum Gasteiger partial charge on any atom is -0.380 e. The Hall–Kier alpha value is -0.900. The van der Waals surface area contributed by atoms with E-state index in [-0.39, 0.29) is 17.6 Å². The van der Waals surface area contributed by atoms with E-state index < -0.39 is 0 Å². The van der Waals surface area contributed by atoms with Crippen LogP contribution in [0.4, 0.5) is 0 Å². The third-order valence-corrected chi connectivity index (χ3v) is 4.14. The quantitative estimate of drug-likeness (QED) is 0.643. The summed E-state index contributed by atoms with van der Waals surface area (Å²) in [6.07, 6.45) is 4.37. The molecule has 0 N–H and O–H groups in total. The first-order valence-corrected chi connectivity index (χ1v) is 7.92. The van der Waals surface area contributed by atoms with Gasteiger partial charge in [-0.15, -0.1) is 0 Å². The lowest BCUT2D eigenvalue weighted by Gasteiger charge is -2.31. The smallest absolute Gasteiger partial charge is 0.224 e. The number of Topliss-reactive ketones (excluding diaryl/α,β-unsaturated/α-hetero) is 1. The van der Waals surface area contributed by atoms with E-state index >= 15 is 0 Å². The van der Waals surface area contributed by atoms with Crippen LogP contribution in [0.3, 0.4) is 0 Å². The largest absolute Gasteiger partial charge is 0.380 e. The molecule has 0 aromatic heterocycles. The number of rotatable bonds is 8. The Morgan fingerprint density at radius 1 is 1.15 bits per heavy atom. The standard InChI is InChI=1S/C16H29NO3/c1-4-14-5-9-17(10-6-14)16(19)8-12-20-11-7-15(18)13(2)3/h13-14H,4-12H2,1-3H3. The maximum Gasteiger partial charge on any atom is 0.224 e. The molecule has 0 saturated carbocycles. The predicted molar refractivity (Wildman–Crippen MR) is 79.5 cm³/mol. The number of likely N-dealkylation sites (tertiary alicyclic amines) is 1. The predicted octanol–water partition coefficient (Wildman–Crippen LogP) is 2.66. The number of carbonyl (C=O) groups is 2. The van der Waals surface area contributed by atoms with Gasteiger partial charge in [0.25, 0.3) is 0 Å². The molecule has 0 aliphatic carbocycles. The van der Waals surface area contributed by atoms with Crippen molar-refractivity contribution < 1.29 is 14.3 Å². The minimum atomic E-state index is 0.0695. The fourth-order valence-corrected chi connectivity index (χ4v) is 2.47. The molecule has 116 valence electrons. The van der Waals surface area contributed by atoms with Gasteiger partial charge in [0, 0.05) is 25.4 Å². The van der Waals surface area contributed by atoms with Crippen molar-refractivity contribution in [3.8, 4) is 0 Å². The first-order valence-electron chi connectivity index (χ1n) is 7.92. The zero-order chi connectivity index (χ0) is 15.0. The highest BCUT2D eigenvalue weighted by atomic mass is 16.5. The lowest BCUT2D eigenvalue weighted by molar-refractivity contribution is -0.133.